The first-order valence-electron chi connectivity index (χ1n) is 9.94. The Hall–Kier alpha value is -3.80. The fourth-order valence-corrected chi connectivity index (χ4v) is 3.38. The Bertz CT molecular complexity index is 1150. The molecule has 2 aromatic heterocycles. The third kappa shape index (κ3) is 4.43. The second-order valence-corrected chi connectivity index (χ2v) is 7.36. The number of anilines is 3. The number of aromatic nitrogens is 2. The number of carbonyl (C=O) groups is 1. The van der Waals surface area contributed by atoms with Crippen LogP contribution in [0.3, 0.4) is 0 Å². The number of hydrogen-bond acceptors (Lipinski definition) is 4. The quantitative estimate of drug-likeness (QED) is 0.432. The number of pyridine rings is 1. The van der Waals surface area contributed by atoms with Gasteiger partial charge in [-0.3, -0.25) is 9.78 Å². The summed E-state index contributed by atoms with van der Waals surface area (Å²) in [6.07, 6.45) is 4.40. The predicted octanol–water partition coefficient (Wildman–Crippen LogP) is 4.35. The van der Waals surface area contributed by atoms with E-state index in [0.717, 1.165) is 29.0 Å². The third-order valence-corrected chi connectivity index (χ3v) is 5.02. The summed E-state index contributed by atoms with van der Waals surface area (Å²) in [6, 6.07) is 19.9. The summed E-state index contributed by atoms with van der Waals surface area (Å²) < 4.78 is 0. The fourth-order valence-electron chi connectivity index (χ4n) is 3.38. The molecule has 3 N–H and O–H groups in total. The van der Waals surface area contributed by atoms with E-state index in [0.29, 0.717) is 12.2 Å². The first-order valence-corrected chi connectivity index (χ1v) is 9.94. The van der Waals surface area contributed by atoms with Crippen molar-refractivity contribution in [3.63, 3.8) is 0 Å². The standard InChI is InChI=1S/C24H25N5O/c1-29(2)20-9-7-18(8-10-20)28-19-12-14-25-23(15-19)24(30)26-13-11-17-16-27-22-6-4-3-5-21(17)22/h3-10,12,14-16,27H,11,13H2,1-2H3,(H,25,28)(H,26,30). The zero-order valence-corrected chi connectivity index (χ0v) is 17.1. The SMILES string of the molecule is CN(C)c1ccc(Nc2ccnc(C(=O)NCCc3c[nH]c4ccccc34)c2)cc1. The van der Waals surface area contributed by atoms with Crippen molar-refractivity contribution in [3.8, 4) is 0 Å². The van der Waals surface area contributed by atoms with Gasteiger partial charge in [0.2, 0.25) is 0 Å². The van der Waals surface area contributed by atoms with Crippen molar-refractivity contribution in [2.24, 2.45) is 0 Å². The maximum Gasteiger partial charge on any atom is 0.269 e. The van der Waals surface area contributed by atoms with E-state index in [1.165, 1.54) is 10.9 Å². The van der Waals surface area contributed by atoms with Crippen molar-refractivity contribution in [1.29, 1.82) is 0 Å². The number of benzene rings is 2. The third-order valence-electron chi connectivity index (χ3n) is 5.02. The van der Waals surface area contributed by atoms with Crippen LogP contribution in [0.1, 0.15) is 16.1 Å². The van der Waals surface area contributed by atoms with E-state index < -0.39 is 0 Å². The highest BCUT2D eigenvalue weighted by Crippen LogP contribution is 2.20. The van der Waals surface area contributed by atoms with Gasteiger partial charge in [0, 0.05) is 61.0 Å². The number of rotatable bonds is 7. The summed E-state index contributed by atoms with van der Waals surface area (Å²) in [6.45, 7) is 0.548. The molecule has 6 heteroatoms. The Labute approximate surface area is 176 Å². The van der Waals surface area contributed by atoms with Crippen LogP contribution in [0.25, 0.3) is 10.9 Å². The molecule has 0 saturated carbocycles. The molecule has 2 heterocycles. The summed E-state index contributed by atoms with van der Waals surface area (Å²) in [5.74, 6) is -0.179. The first kappa shape index (κ1) is 19.5. The van der Waals surface area contributed by atoms with Crippen molar-refractivity contribution in [2.45, 2.75) is 6.42 Å². The molecule has 0 saturated heterocycles. The number of hydrogen-bond donors (Lipinski definition) is 3. The van der Waals surface area contributed by atoms with Crippen molar-refractivity contribution >= 4 is 33.9 Å². The topological polar surface area (TPSA) is 73.1 Å². The molecule has 0 aliphatic heterocycles. The van der Waals surface area contributed by atoms with Crippen LogP contribution in [0.4, 0.5) is 17.1 Å². The normalized spacial score (nSPS) is 10.7. The van der Waals surface area contributed by atoms with Gasteiger partial charge in [-0.05, 0) is 54.4 Å². The van der Waals surface area contributed by atoms with Gasteiger partial charge in [0.15, 0.2) is 0 Å². The zero-order valence-electron chi connectivity index (χ0n) is 17.1. The van der Waals surface area contributed by atoms with Crippen LogP contribution in [0, 0.1) is 0 Å². The van der Waals surface area contributed by atoms with E-state index >= 15 is 0 Å². The molecule has 30 heavy (non-hydrogen) atoms. The van der Waals surface area contributed by atoms with Crippen LogP contribution in [-0.4, -0.2) is 36.5 Å². The largest absolute Gasteiger partial charge is 0.378 e. The summed E-state index contributed by atoms with van der Waals surface area (Å²) in [4.78, 5) is 22.1. The summed E-state index contributed by atoms with van der Waals surface area (Å²) >= 11 is 0. The lowest BCUT2D eigenvalue weighted by Gasteiger charge is -2.13. The van der Waals surface area contributed by atoms with E-state index in [4.69, 9.17) is 0 Å². The highest BCUT2D eigenvalue weighted by atomic mass is 16.1. The van der Waals surface area contributed by atoms with E-state index in [1.54, 1.807) is 12.3 Å². The Morgan fingerprint density at radius 3 is 2.63 bits per heavy atom. The molecule has 1 amide bonds. The summed E-state index contributed by atoms with van der Waals surface area (Å²) in [5.41, 5.74) is 5.60. The molecular formula is C24H25N5O. The Balaban J connectivity index is 1.36. The number of carbonyl (C=O) groups excluding carboxylic acids is 1. The number of nitrogens with zero attached hydrogens (tertiary/aromatic N) is 2. The monoisotopic (exact) mass is 399 g/mol. The number of aromatic amines is 1. The van der Waals surface area contributed by atoms with Crippen LogP contribution in [0.15, 0.2) is 73.1 Å². The van der Waals surface area contributed by atoms with Crippen LogP contribution in [0.5, 0.6) is 0 Å². The highest BCUT2D eigenvalue weighted by Gasteiger charge is 2.09. The minimum Gasteiger partial charge on any atom is -0.378 e. The lowest BCUT2D eigenvalue weighted by Crippen LogP contribution is -2.26. The zero-order chi connectivity index (χ0) is 20.9. The minimum atomic E-state index is -0.179. The molecular weight excluding hydrogens is 374 g/mol. The number of fused-ring (bicyclic) bond motifs is 1. The van der Waals surface area contributed by atoms with E-state index in [-0.39, 0.29) is 5.91 Å². The molecule has 4 aromatic rings. The molecule has 4 rings (SSSR count). The van der Waals surface area contributed by atoms with Gasteiger partial charge < -0.3 is 20.5 Å². The second kappa shape index (κ2) is 8.69. The maximum atomic E-state index is 12.5. The molecule has 0 spiro atoms. The average molecular weight is 399 g/mol. The predicted molar refractivity (Wildman–Crippen MR) is 123 cm³/mol. The van der Waals surface area contributed by atoms with Gasteiger partial charge in [-0.15, -0.1) is 0 Å². The Kier molecular flexibility index (Phi) is 5.66. The molecule has 0 fully saturated rings. The van der Waals surface area contributed by atoms with Gasteiger partial charge in [0.1, 0.15) is 5.69 Å². The van der Waals surface area contributed by atoms with E-state index in [1.807, 2.05) is 68.8 Å². The van der Waals surface area contributed by atoms with Crippen LogP contribution >= 0.6 is 0 Å². The Morgan fingerprint density at radius 1 is 1.03 bits per heavy atom. The number of amides is 1. The number of H-pyrrole nitrogens is 1. The van der Waals surface area contributed by atoms with Crippen molar-refractivity contribution in [2.75, 3.05) is 30.9 Å². The van der Waals surface area contributed by atoms with E-state index in [2.05, 4.69) is 31.6 Å². The fraction of sp³-hybridized carbons (Fsp3) is 0.167. The van der Waals surface area contributed by atoms with Gasteiger partial charge in [0.25, 0.3) is 5.91 Å². The molecule has 0 atom stereocenters. The highest BCUT2D eigenvalue weighted by molar-refractivity contribution is 5.93. The first-order chi connectivity index (χ1) is 14.6. The lowest BCUT2D eigenvalue weighted by atomic mass is 10.1. The van der Waals surface area contributed by atoms with Crippen molar-refractivity contribution in [1.82, 2.24) is 15.3 Å². The van der Waals surface area contributed by atoms with Gasteiger partial charge >= 0.3 is 0 Å². The molecule has 0 radical (unpaired) electrons. The van der Waals surface area contributed by atoms with Crippen molar-refractivity contribution in [3.05, 3.63) is 84.3 Å². The minimum absolute atomic E-state index is 0.179. The molecule has 0 aliphatic rings. The lowest BCUT2D eigenvalue weighted by molar-refractivity contribution is 0.0949. The van der Waals surface area contributed by atoms with Crippen LogP contribution < -0.4 is 15.5 Å². The number of nitrogens with one attached hydrogen (secondary N) is 3. The van der Waals surface area contributed by atoms with E-state index in [9.17, 15) is 4.79 Å². The van der Waals surface area contributed by atoms with Crippen molar-refractivity contribution < 1.29 is 4.79 Å². The molecule has 2 aromatic carbocycles. The summed E-state index contributed by atoms with van der Waals surface area (Å²) in [5, 5.41) is 7.48. The average Bonchev–Trinajstić information content (AvgIpc) is 3.17. The van der Waals surface area contributed by atoms with Gasteiger partial charge in [-0.2, -0.15) is 0 Å². The van der Waals surface area contributed by atoms with Gasteiger partial charge in [-0.25, -0.2) is 0 Å². The number of para-hydroxylation sites is 1. The maximum absolute atomic E-state index is 12.5. The van der Waals surface area contributed by atoms with Gasteiger partial charge in [0.05, 0.1) is 0 Å². The summed E-state index contributed by atoms with van der Waals surface area (Å²) in [7, 11) is 4.02. The molecule has 0 bridgehead atoms. The molecule has 6 nitrogen and oxygen atoms in total. The second-order valence-electron chi connectivity index (χ2n) is 7.36. The van der Waals surface area contributed by atoms with Crippen LogP contribution in [-0.2, 0) is 6.42 Å². The van der Waals surface area contributed by atoms with Gasteiger partial charge in [-0.1, -0.05) is 18.2 Å². The molecule has 0 aliphatic carbocycles. The Morgan fingerprint density at radius 2 is 1.83 bits per heavy atom. The van der Waals surface area contributed by atoms with Crippen LogP contribution in [0.2, 0.25) is 0 Å². The smallest absolute Gasteiger partial charge is 0.269 e. The molecule has 0 unspecified atom stereocenters. The molecule has 152 valence electrons.